The number of aromatic nitrogens is 2. The number of Topliss-reactive ketones (excluding diaryl/α,β-unsaturated/α-hetero) is 1. The second-order valence-electron chi connectivity index (χ2n) is 7.58. The van der Waals surface area contributed by atoms with E-state index in [9.17, 15) is 18.0 Å². The van der Waals surface area contributed by atoms with Crippen molar-refractivity contribution in [3.05, 3.63) is 124 Å². The summed E-state index contributed by atoms with van der Waals surface area (Å²) in [7, 11) is -3.97. The zero-order valence-electron chi connectivity index (χ0n) is 17.8. The maximum absolute atomic E-state index is 13.6. The molecule has 4 rings (SSSR count). The molecule has 168 valence electrons. The lowest BCUT2D eigenvalue weighted by molar-refractivity contribution is 0.0966. The Kier molecular flexibility index (Phi) is 6.67. The van der Waals surface area contributed by atoms with Crippen LogP contribution in [0.2, 0.25) is 0 Å². The Bertz CT molecular complexity index is 1340. The van der Waals surface area contributed by atoms with Gasteiger partial charge in [-0.2, -0.15) is 4.31 Å². The average Bonchev–Trinajstić information content (AvgIpc) is 3.37. The van der Waals surface area contributed by atoms with Crippen LogP contribution < -0.4 is 5.56 Å². The summed E-state index contributed by atoms with van der Waals surface area (Å²) in [4.78, 5) is 27.6. The van der Waals surface area contributed by atoms with Crippen LogP contribution in [0, 0.1) is 0 Å². The van der Waals surface area contributed by atoms with Crippen LogP contribution >= 0.6 is 0 Å². The van der Waals surface area contributed by atoms with E-state index >= 15 is 0 Å². The standard InChI is InChI=1S/C25H23N3O4S/c29-24(23-12-7-15-26-23)19-27-18-22(13-14-25(27)30)33(31,32)28(16-20-8-3-1-4-9-20)17-21-10-5-2-6-11-21/h1-15,18,26H,16-17,19H2. The number of sulfonamides is 1. The zero-order chi connectivity index (χ0) is 23.3. The number of carbonyl (C=O) groups excluding carboxylic acids is 1. The molecular formula is C25H23N3O4S. The van der Waals surface area contributed by atoms with Gasteiger partial charge in [0.05, 0.1) is 17.1 Å². The van der Waals surface area contributed by atoms with E-state index in [1.807, 2.05) is 60.7 Å². The summed E-state index contributed by atoms with van der Waals surface area (Å²) in [6, 6.07) is 24.4. The van der Waals surface area contributed by atoms with E-state index in [0.29, 0.717) is 5.69 Å². The van der Waals surface area contributed by atoms with E-state index in [-0.39, 0.29) is 30.3 Å². The minimum atomic E-state index is -3.97. The Morgan fingerprint density at radius 2 is 1.42 bits per heavy atom. The number of carbonyl (C=O) groups is 1. The lowest BCUT2D eigenvalue weighted by Crippen LogP contribution is -2.32. The molecule has 33 heavy (non-hydrogen) atoms. The Balaban J connectivity index is 1.67. The van der Waals surface area contributed by atoms with Crippen LogP contribution in [-0.2, 0) is 29.7 Å². The van der Waals surface area contributed by atoms with Crippen LogP contribution in [0.15, 0.2) is 107 Å². The minimum Gasteiger partial charge on any atom is -0.359 e. The third-order valence-electron chi connectivity index (χ3n) is 5.21. The third kappa shape index (κ3) is 5.36. The molecule has 2 aromatic carbocycles. The molecule has 0 saturated carbocycles. The van der Waals surface area contributed by atoms with E-state index in [4.69, 9.17) is 0 Å². The number of pyridine rings is 1. The first-order valence-electron chi connectivity index (χ1n) is 10.4. The average molecular weight is 462 g/mol. The van der Waals surface area contributed by atoms with E-state index in [1.165, 1.54) is 22.6 Å². The van der Waals surface area contributed by atoms with Gasteiger partial charge in [-0.3, -0.25) is 9.59 Å². The Labute approximate surface area is 192 Å². The Hall–Kier alpha value is -3.75. The predicted octanol–water partition coefficient (Wildman–Crippen LogP) is 3.45. The number of H-pyrrole nitrogens is 1. The third-order valence-corrected chi connectivity index (χ3v) is 6.99. The molecule has 0 saturated heterocycles. The topological polar surface area (TPSA) is 92.2 Å². The lowest BCUT2D eigenvalue weighted by Gasteiger charge is -2.23. The molecular weight excluding hydrogens is 438 g/mol. The second kappa shape index (κ2) is 9.81. The van der Waals surface area contributed by atoms with Crippen LogP contribution in [0.4, 0.5) is 0 Å². The molecule has 0 spiro atoms. The van der Waals surface area contributed by atoms with Gasteiger partial charge in [0.15, 0.2) is 5.78 Å². The molecule has 0 unspecified atom stereocenters. The van der Waals surface area contributed by atoms with Crippen molar-refractivity contribution in [2.45, 2.75) is 24.5 Å². The first kappa shape index (κ1) is 22.4. The predicted molar refractivity (Wildman–Crippen MR) is 125 cm³/mol. The lowest BCUT2D eigenvalue weighted by atomic mass is 10.2. The molecule has 0 radical (unpaired) electrons. The molecule has 0 amide bonds. The first-order chi connectivity index (χ1) is 15.9. The quantitative estimate of drug-likeness (QED) is 0.387. The number of aromatic amines is 1. The number of benzene rings is 2. The van der Waals surface area contributed by atoms with Crippen molar-refractivity contribution in [3.63, 3.8) is 0 Å². The first-order valence-corrected chi connectivity index (χ1v) is 11.8. The molecule has 0 aliphatic carbocycles. The zero-order valence-corrected chi connectivity index (χ0v) is 18.6. The largest absolute Gasteiger partial charge is 0.359 e. The van der Waals surface area contributed by atoms with Gasteiger partial charge >= 0.3 is 0 Å². The van der Waals surface area contributed by atoms with Crippen LogP contribution in [0.5, 0.6) is 0 Å². The summed E-state index contributed by atoms with van der Waals surface area (Å²) in [5, 5.41) is 0. The molecule has 0 aliphatic rings. The van der Waals surface area contributed by atoms with Crippen molar-refractivity contribution in [1.82, 2.24) is 13.9 Å². The van der Waals surface area contributed by atoms with Crippen molar-refractivity contribution in [3.8, 4) is 0 Å². The van der Waals surface area contributed by atoms with Crippen molar-refractivity contribution in [2.24, 2.45) is 0 Å². The monoisotopic (exact) mass is 461 g/mol. The molecule has 2 heterocycles. The number of ketones is 1. The van der Waals surface area contributed by atoms with E-state index in [2.05, 4.69) is 4.98 Å². The number of hydrogen-bond acceptors (Lipinski definition) is 4. The number of rotatable bonds is 9. The highest BCUT2D eigenvalue weighted by Gasteiger charge is 2.26. The highest BCUT2D eigenvalue weighted by molar-refractivity contribution is 7.89. The van der Waals surface area contributed by atoms with E-state index in [0.717, 1.165) is 15.7 Å². The summed E-state index contributed by atoms with van der Waals surface area (Å²) in [5.41, 5.74) is 1.58. The van der Waals surface area contributed by atoms with Gasteiger partial charge in [0, 0.05) is 31.5 Å². The van der Waals surface area contributed by atoms with Crippen LogP contribution in [0.3, 0.4) is 0 Å². The number of nitrogens with one attached hydrogen (secondary N) is 1. The highest BCUT2D eigenvalue weighted by Crippen LogP contribution is 2.21. The summed E-state index contributed by atoms with van der Waals surface area (Å²) in [6.07, 6.45) is 2.85. The van der Waals surface area contributed by atoms with Crippen molar-refractivity contribution in [1.29, 1.82) is 0 Å². The fraction of sp³-hybridized carbons (Fsp3) is 0.120. The molecule has 0 aliphatic heterocycles. The smallest absolute Gasteiger partial charge is 0.251 e. The Morgan fingerprint density at radius 1 is 0.818 bits per heavy atom. The van der Waals surface area contributed by atoms with E-state index < -0.39 is 15.6 Å². The van der Waals surface area contributed by atoms with Gasteiger partial charge in [-0.15, -0.1) is 0 Å². The van der Waals surface area contributed by atoms with Gasteiger partial charge in [-0.25, -0.2) is 8.42 Å². The van der Waals surface area contributed by atoms with Crippen molar-refractivity contribution in [2.75, 3.05) is 0 Å². The molecule has 0 atom stereocenters. The van der Waals surface area contributed by atoms with Gasteiger partial charge in [0.2, 0.25) is 10.0 Å². The summed E-state index contributed by atoms with van der Waals surface area (Å²) >= 11 is 0. The SMILES string of the molecule is O=C(Cn1cc(S(=O)(=O)N(Cc2ccccc2)Cc2ccccc2)ccc1=O)c1ccc[nH]1. The van der Waals surface area contributed by atoms with Crippen LogP contribution in [0.1, 0.15) is 21.6 Å². The Morgan fingerprint density at radius 3 is 1.97 bits per heavy atom. The van der Waals surface area contributed by atoms with Crippen LogP contribution in [-0.4, -0.2) is 28.1 Å². The fourth-order valence-electron chi connectivity index (χ4n) is 3.48. The maximum atomic E-state index is 13.6. The molecule has 0 bridgehead atoms. The summed E-state index contributed by atoms with van der Waals surface area (Å²) in [6.45, 7) is 0.0667. The number of nitrogens with zero attached hydrogens (tertiary/aromatic N) is 2. The summed E-state index contributed by atoms with van der Waals surface area (Å²) in [5.74, 6) is -0.318. The number of hydrogen-bond donors (Lipinski definition) is 1. The van der Waals surface area contributed by atoms with Gasteiger partial charge < -0.3 is 9.55 Å². The van der Waals surface area contributed by atoms with Crippen LogP contribution in [0.25, 0.3) is 0 Å². The van der Waals surface area contributed by atoms with Crippen molar-refractivity contribution < 1.29 is 13.2 Å². The molecule has 1 N–H and O–H groups in total. The normalized spacial score (nSPS) is 11.5. The molecule has 7 nitrogen and oxygen atoms in total. The van der Waals surface area contributed by atoms with Gasteiger partial charge in [0.25, 0.3) is 5.56 Å². The molecule has 2 aromatic heterocycles. The van der Waals surface area contributed by atoms with Gasteiger partial charge in [-0.1, -0.05) is 60.7 Å². The van der Waals surface area contributed by atoms with Gasteiger partial charge in [0.1, 0.15) is 0 Å². The maximum Gasteiger partial charge on any atom is 0.251 e. The molecule has 4 aromatic rings. The molecule has 8 heteroatoms. The second-order valence-corrected chi connectivity index (χ2v) is 9.52. The minimum absolute atomic E-state index is 0.0479. The summed E-state index contributed by atoms with van der Waals surface area (Å²) < 4.78 is 29.8. The van der Waals surface area contributed by atoms with Gasteiger partial charge in [-0.05, 0) is 29.3 Å². The highest BCUT2D eigenvalue weighted by atomic mass is 32.2. The van der Waals surface area contributed by atoms with E-state index in [1.54, 1.807) is 18.3 Å². The fourth-order valence-corrected chi connectivity index (χ4v) is 4.91. The van der Waals surface area contributed by atoms with Crippen molar-refractivity contribution >= 4 is 15.8 Å². The molecule has 0 fully saturated rings.